The average Bonchev–Trinajstić information content (AvgIpc) is 2.81. The number of benzene rings is 1. The number of halogens is 1. The van der Waals surface area contributed by atoms with Crippen LogP contribution in [0.3, 0.4) is 0 Å². The van der Waals surface area contributed by atoms with Gasteiger partial charge in [-0.05, 0) is 57.1 Å². The van der Waals surface area contributed by atoms with Crippen LogP contribution in [-0.2, 0) is 19.6 Å². The highest BCUT2D eigenvalue weighted by Gasteiger charge is 2.36. The first-order valence-corrected chi connectivity index (χ1v) is 12.0. The van der Waals surface area contributed by atoms with E-state index in [1.165, 1.54) is 11.1 Å². The van der Waals surface area contributed by atoms with E-state index < -0.39 is 0 Å². The summed E-state index contributed by atoms with van der Waals surface area (Å²) in [6.45, 7) is 11.2. The van der Waals surface area contributed by atoms with Crippen LogP contribution in [0, 0.1) is 6.92 Å². The number of rotatable bonds is 9. The van der Waals surface area contributed by atoms with Gasteiger partial charge in [0.2, 0.25) is 0 Å². The van der Waals surface area contributed by atoms with Gasteiger partial charge in [0.1, 0.15) is 0 Å². The Morgan fingerprint density at radius 3 is 2.56 bits per heavy atom. The standard InChI is InChI=1S/C25H41N3O3.HI/c1-4-26-24(28-14-10-22(11-15-28)31-17-7-16-29-3)27-20-25(12-18-30-19-13-25)23-9-6-5-8-21(23)2;/h5-6,8-9,22H,4,7,10-20H2,1-3H3,(H,26,27);1H. The highest BCUT2D eigenvalue weighted by atomic mass is 127. The van der Waals surface area contributed by atoms with E-state index >= 15 is 0 Å². The molecule has 0 spiro atoms. The van der Waals surface area contributed by atoms with Gasteiger partial charge in [0.05, 0.1) is 12.6 Å². The third-order valence-corrected chi connectivity index (χ3v) is 6.62. The van der Waals surface area contributed by atoms with Gasteiger partial charge in [-0.3, -0.25) is 4.99 Å². The van der Waals surface area contributed by atoms with Crippen molar-refractivity contribution in [2.75, 3.05) is 59.7 Å². The number of ether oxygens (including phenoxy) is 3. The van der Waals surface area contributed by atoms with Gasteiger partial charge < -0.3 is 24.4 Å². The second-order valence-electron chi connectivity index (χ2n) is 8.78. The van der Waals surface area contributed by atoms with Crippen molar-refractivity contribution in [3.05, 3.63) is 35.4 Å². The fourth-order valence-electron chi connectivity index (χ4n) is 4.78. The number of hydrogen-bond acceptors (Lipinski definition) is 4. The van der Waals surface area contributed by atoms with E-state index in [-0.39, 0.29) is 29.4 Å². The van der Waals surface area contributed by atoms with Gasteiger partial charge in [0.15, 0.2) is 5.96 Å². The molecule has 2 heterocycles. The lowest BCUT2D eigenvalue weighted by molar-refractivity contribution is 0.00981. The van der Waals surface area contributed by atoms with E-state index in [1.807, 2.05) is 0 Å². The molecule has 2 saturated heterocycles. The number of aliphatic imine (C=N–C) groups is 1. The van der Waals surface area contributed by atoms with Crippen molar-refractivity contribution in [2.24, 2.45) is 4.99 Å². The second-order valence-corrected chi connectivity index (χ2v) is 8.78. The topological polar surface area (TPSA) is 55.3 Å². The Bertz CT molecular complexity index is 687. The summed E-state index contributed by atoms with van der Waals surface area (Å²) in [6.07, 6.45) is 5.47. The quantitative estimate of drug-likeness (QED) is 0.213. The van der Waals surface area contributed by atoms with E-state index in [4.69, 9.17) is 19.2 Å². The maximum Gasteiger partial charge on any atom is 0.193 e. The molecule has 3 rings (SSSR count). The molecule has 0 bridgehead atoms. The molecule has 0 atom stereocenters. The largest absolute Gasteiger partial charge is 0.385 e. The summed E-state index contributed by atoms with van der Waals surface area (Å²) in [5, 5.41) is 3.54. The zero-order valence-electron chi connectivity index (χ0n) is 20.1. The maximum atomic E-state index is 6.03. The van der Waals surface area contributed by atoms with E-state index in [0.717, 1.165) is 90.7 Å². The van der Waals surface area contributed by atoms with E-state index in [2.05, 4.69) is 48.3 Å². The van der Waals surface area contributed by atoms with Gasteiger partial charge in [0.25, 0.3) is 0 Å². The highest BCUT2D eigenvalue weighted by Crippen LogP contribution is 2.37. The molecule has 7 heteroatoms. The Labute approximate surface area is 211 Å². The number of nitrogens with one attached hydrogen (secondary N) is 1. The highest BCUT2D eigenvalue weighted by molar-refractivity contribution is 14.0. The van der Waals surface area contributed by atoms with Gasteiger partial charge in [-0.15, -0.1) is 24.0 Å². The number of likely N-dealkylation sites (tertiary alicyclic amines) is 1. The van der Waals surface area contributed by atoms with Crippen LogP contribution in [0.1, 0.15) is 50.2 Å². The van der Waals surface area contributed by atoms with Gasteiger partial charge in [-0.1, -0.05) is 24.3 Å². The summed E-state index contributed by atoms with van der Waals surface area (Å²) in [4.78, 5) is 7.59. The molecule has 2 aliphatic rings. The third kappa shape index (κ3) is 7.57. The lowest BCUT2D eigenvalue weighted by Gasteiger charge is -2.39. The fraction of sp³-hybridized carbons (Fsp3) is 0.720. The first-order valence-electron chi connectivity index (χ1n) is 12.0. The molecule has 0 radical (unpaired) electrons. The van der Waals surface area contributed by atoms with Crippen LogP contribution in [0.5, 0.6) is 0 Å². The van der Waals surface area contributed by atoms with Crippen LogP contribution in [0.15, 0.2) is 29.3 Å². The summed E-state index contributed by atoms with van der Waals surface area (Å²) in [5.74, 6) is 1.04. The van der Waals surface area contributed by atoms with Gasteiger partial charge in [-0.25, -0.2) is 0 Å². The molecule has 0 unspecified atom stereocenters. The molecule has 2 aliphatic heterocycles. The van der Waals surface area contributed by atoms with Gasteiger partial charge in [0, 0.05) is 58.6 Å². The maximum absolute atomic E-state index is 6.03. The Morgan fingerprint density at radius 1 is 1.19 bits per heavy atom. The van der Waals surface area contributed by atoms with Gasteiger partial charge >= 0.3 is 0 Å². The van der Waals surface area contributed by atoms with Crippen molar-refractivity contribution in [1.29, 1.82) is 0 Å². The minimum Gasteiger partial charge on any atom is -0.385 e. The van der Waals surface area contributed by atoms with Crippen LogP contribution in [0.4, 0.5) is 0 Å². The smallest absolute Gasteiger partial charge is 0.193 e. The van der Waals surface area contributed by atoms with Crippen molar-refractivity contribution in [1.82, 2.24) is 10.2 Å². The number of methoxy groups -OCH3 is 1. The average molecular weight is 560 g/mol. The molecule has 1 N–H and O–H groups in total. The predicted molar refractivity (Wildman–Crippen MR) is 141 cm³/mol. The zero-order chi connectivity index (χ0) is 21.9. The normalized spacial score (nSPS) is 19.5. The summed E-state index contributed by atoms with van der Waals surface area (Å²) in [7, 11) is 1.74. The first kappa shape index (κ1) is 27.3. The molecule has 0 aromatic heterocycles. The van der Waals surface area contributed by atoms with Gasteiger partial charge in [-0.2, -0.15) is 0 Å². The van der Waals surface area contributed by atoms with Crippen LogP contribution < -0.4 is 5.32 Å². The Kier molecular flexibility index (Phi) is 12.3. The molecule has 32 heavy (non-hydrogen) atoms. The molecule has 6 nitrogen and oxygen atoms in total. The molecule has 0 amide bonds. The van der Waals surface area contributed by atoms with Crippen LogP contribution in [0.25, 0.3) is 0 Å². The molecular weight excluding hydrogens is 517 g/mol. The Morgan fingerprint density at radius 2 is 1.91 bits per heavy atom. The fourth-order valence-corrected chi connectivity index (χ4v) is 4.78. The number of piperidine rings is 1. The van der Waals surface area contributed by atoms with Crippen molar-refractivity contribution in [2.45, 2.75) is 57.5 Å². The lowest BCUT2D eigenvalue weighted by atomic mass is 9.72. The molecular formula is C25H42IN3O3. The number of nitrogens with zero attached hydrogens (tertiary/aromatic N) is 2. The van der Waals surface area contributed by atoms with Crippen LogP contribution in [-0.4, -0.2) is 76.7 Å². The van der Waals surface area contributed by atoms with E-state index in [9.17, 15) is 0 Å². The zero-order valence-corrected chi connectivity index (χ0v) is 22.4. The van der Waals surface area contributed by atoms with Crippen molar-refractivity contribution < 1.29 is 14.2 Å². The number of hydrogen-bond donors (Lipinski definition) is 1. The SMILES string of the molecule is CCNC(=NCC1(c2ccccc2C)CCOCC1)N1CCC(OCCCOC)CC1.I. The van der Waals surface area contributed by atoms with Crippen LogP contribution >= 0.6 is 24.0 Å². The Balaban J connectivity index is 0.00000363. The van der Waals surface area contributed by atoms with Crippen LogP contribution in [0.2, 0.25) is 0 Å². The second kappa shape index (κ2) is 14.4. The summed E-state index contributed by atoms with van der Waals surface area (Å²) in [5.41, 5.74) is 2.85. The van der Waals surface area contributed by atoms with E-state index in [1.54, 1.807) is 7.11 Å². The minimum atomic E-state index is 0. The van der Waals surface area contributed by atoms with Crippen molar-refractivity contribution in [3.8, 4) is 0 Å². The molecule has 0 aliphatic carbocycles. The molecule has 1 aromatic carbocycles. The lowest BCUT2D eigenvalue weighted by Crippen LogP contribution is -2.48. The minimum absolute atomic E-state index is 0. The monoisotopic (exact) mass is 559 g/mol. The summed E-state index contributed by atoms with van der Waals surface area (Å²) >= 11 is 0. The van der Waals surface area contributed by atoms with Crippen molar-refractivity contribution in [3.63, 3.8) is 0 Å². The predicted octanol–water partition coefficient (Wildman–Crippen LogP) is 4.14. The molecule has 2 fully saturated rings. The van der Waals surface area contributed by atoms with E-state index in [0.29, 0.717) is 6.10 Å². The third-order valence-electron chi connectivity index (χ3n) is 6.62. The Hall–Kier alpha value is -0.900. The summed E-state index contributed by atoms with van der Waals surface area (Å²) in [6, 6.07) is 8.79. The van der Waals surface area contributed by atoms with Crippen molar-refractivity contribution >= 4 is 29.9 Å². The molecule has 182 valence electrons. The number of guanidine groups is 1. The molecule has 1 aromatic rings. The number of aryl methyl sites for hydroxylation is 1. The molecule has 0 saturated carbocycles. The summed E-state index contributed by atoms with van der Waals surface area (Å²) < 4.78 is 16.9. The first-order chi connectivity index (χ1) is 15.2.